The molecule has 0 aromatic carbocycles. The molecular weight excluding hydrogens is 359 g/mol. The van der Waals surface area contributed by atoms with Gasteiger partial charge >= 0.3 is 5.97 Å². The second-order valence-corrected chi connectivity index (χ2v) is 6.89. The smallest absolute Gasteiger partial charge is 0.326 e. The lowest BCUT2D eigenvalue weighted by Crippen LogP contribution is -2.44. The summed E-state index contributed by atoms with van der Waals surface area (Å²) in [6.45, 7) is 0.556. The van der Waals surface area contributed by atoms with Crippen molar-refractivity contribution in [1.29, 1.82) is 0 Å². The zero-order valence-electron chi connectivity index (χ0n) is 11.1. The van der Waals surface area contributed by atoms with Gasteiger partial charge in [-0.2, -0.15) is 0 Å². The fourth-order valence-corrected chi connectivity index (χ4v) is 3.07. The molecule has 0 aromatic heterocycles. The maximum Gasteiger partial charge on any atom is 0.326 e. The van der Waals surface area contributed by atoms with Crippen molar-refractivity contribution in [1.82, 2.24) is 5.32 Å². The van der Waals surface area contributed by atoms with Crippen LogP contribution in [0.15, 0.2) is 0 Å². The molecule has 0 heterocycles. The van der Waals surface area contributed by atoms with Gasteiger partial charge in [0.25, 0.3) is 0 Å². The van der Waals surface area contributed by atoms with E-state index in [9.17, 15) is 9.59 Å². The monoisotopic (exact) mass is 382 g/mol. The molecular formula is C13H23IN2O3. The van der Waals surface area contributed by atoms with Crippen LogP contribution < -0.4 is 11.1 Å². The lowest BCUT2D eigenvalue weighted by atomic mass is 9.88. The van der Waals surface area contributed by atoms with E-state index in [2.05, 4.69) is 27.9 Å². The fourth-order valence-electron chi connectivity index (χ4n) is 2.35. The van der Waals surface area contributed by atoms with Crippen molar-refractivity contribution in [3.05, 3.63) is 0 Å². The molecule has 1 saturated carbocycles. The fraction of sp³-hybridized carbons (Fsp3) is 0.846. The number of aliphatic carboxylic acids is 1. The molecule has 0 radical (unpaired) electrons. The van der Waals surface area contributed by atoms with Crippen LogP contribution in [0.2, 0.25) is 0 Å². The Morgan fingerprint density at radius 3 is 2.42 bits per heavy atom. The standard InChI is InChI=1S/C13H23IN2O3/c14-10-6-4-9(5-7-10)12(17)16-11(13(18)19)3-1-2-8-15/h9-11H,1-8,15H2,(H,16,17)(H,18,19). The largest absolute Gasteiger partial charge is 0.480 e. The molecule has 0 aliphatic heterocycles. The van der Waals surface area contributed by atoms with E-state index in [0.717, 1.165) is 38.5 Å². The van der Waals surface area contributed by atoms with Crippen LogP contribution in [0, 0.1) is 5.92 Å². The first kappa shape index (κ1) is 16.7. The summed E-state index contributed by atoms with van der Waals surface area (Å²) in [4.78, 5) is 23.2. The van der Waals surface area contributed by atoms with Gasteiger partial charge < -0.3 is 16.2 Å². The van der Waals surface area contributed by atoms with Gasteiger partial charge in [0, 0.05) is 9.84 Å². The number of nitrogens with one attached hydrogen (secondary N) is 1. The second-order valence-electron chi connectivity index (χ2n) is 5.13. The Kier molecular flexibility index (Phi) is 7.67. The van der Waals surface area contributed by atoms with Crippen molar-refractivity contribution in [3.63, 3.8) is 0 Å². The van der Waals surface area contributed by atoms with Crippen LogP contribution in [0.4, 0.5) is 0 Å². The number of rotatable bonds is 7. The molecule has 0 spiro atoms. The maximum atomic E-state index is 12.1. The first-order chi connectivity index (χ1) is 9.04. The number of carbonyl (C=O) groups is 2. The third-order valence-electron chi connectivity index (χ3n) is 3.59. The van der Waals surface area contributed by atoms with Gasteiger partial charge in [-0.1, -0.05) is 22.6 Å². The molecule has 1 amide bonds. The molecule has 1 rings (SSSR count). The Labute approximate surface area is 127 Å². The summed E-state index contributed by atoms with van der Waals surface area (Å²) in [5.41, 5.74) is 5.39. The van der Waals surface area contributed by atoms with Crippen LogP contribution in [0.1, 0.15) is 44.9 Å². The second kappa shape index (κ2) is 8.73. The van der Waals surface area contributed by atoms with Gasteiger partial charge in [0.15, 0.2) is 0 Å². The van der Waals surface area contributed by atoms with Gasteiger partial charge in [-0.15, -0.1) is 0 Å². The summed E-state index contributed by atoms with van der Waals surface area (Å²) in [5.74, 6) is -1.06. The molecule has 1 atom stereocenters. The number of carbonyl (C=O) groups excluding carboxylic acids is 1. The van der Waals surface area contributed by atoms with Crippen LogP contribution in [-0.2, 0) is 9.59 Å². The number of hydrogen-bond donors (Lipinski definition) is 3. The van der Waals surface area contributed by atoms with Crippen LogP contribution in [0.3, 0.4) is 0 Å². The van der Waals surface area contributed by atoms with Gasteiger partial charge in [-0.05, 0) is 51.5 Å². The van der Waals surface area contributed by atoms with E-state index in [0.29, 0.717) is 16.9 Å². The van der Waals surface area contributed by atoms with E-state index in [1.54, 1.807) is 0 Å². The summed E-state index contributed by atoms with van der Waals surface area (Å²) in [5, 5.41) is 11.8. The van der Waals surface area contributed by atoms with Crippen molar-refractivity contribution < 1.29 is 14.7 Å². The molecule has 1 unspecified atom stereocenters. The molecule has 1 aliphatic rings. The summed E-state index contributed by atoms with van der Waals surface area (Å²) in [7, 11) is 0. The Morgan fingerprint density at radius 2 is 1.89 bits per heavy atom. The highest BCUT2D eigenvalue weighted by Crippen LogP contribution is 2.29. The number of carboxylic acids is 1. The van der Waals surface area contributed by atoms with E-state index < -0.39 is 12.0 Å². The molecule has 1 fully saturated rings. The Morgan fingerprint density at radius 1 is 1.26 bits per heavy atom. The van der Waals surface area contributed by atoms with Crippen LogP contribution in [0.25, 0.3) is 0 Å². The number of alkyl halides is 1. The molecule has 5 nitrogen and oxygen atoms in total. The Hall–Kier alpha value is -0.370. The molecule has 0 saturated heterocycles. The number of amides is 1. The summed E-state index contributed by atoms with van der Waals surface area (Å²) in [6, 6.07) is -0.767. The lowest BCUT2D eigenvalue weighted by molar-refractivity contribution is -0.142. The SMILES string of the molecule is NCCCCC(NC(=O)C1CCC(I)CC1)C(=O)O. The van der Waals surface area contributed by atoms with E-state index in [1.165, 1.54) is 0 Å². The Balaban J connectivity index is 2.40. The summed E-state index contributed by atoms with van der Waals surface area (Å²) >= 11 is 2.41. The molecule has 0 bridgehead atoms. The van der Waals surface area contributed by atoms with Gasteiger partial charge in [0.05, 0.1) is 0 Å². The highest BCUT2D eigenvalue weighted by atomic mass is 127. The van der Waals surface area contributed by atoms with E-state index in [1.807, 2.05) is 0 Å². The Bertz CT molecular complexity index is 304. The average Bonchev–Trinajstić information content (AvgIpc) is 2.38. The first-order valence-electron chi connectivity index (χ1n) is 6.92. The van der Waals surface area contributed by atoms with E-state index in [4.69, 9.17) is 10.8 Å². The number of unbranched alkanes of at least 4 members (excludes halogenated alkanes) is 1. The van der Waals surface area contributed by atoms with Gasteiger partial charge in [-0.25, -0.2) is 4.79 Å². The van der Waals surface area contributed by atoms with Gasteiger partial charge in [0.1, 0.15) is 6.04 Å². The van der Waals surface area contributed by atoms with Crippen molar-refractivity contribution in [2.24, 2.45) is 11.7 Å². The predicted octanol–water partition coefficient (Wildman–Crippen LogP) is 1.68. The minimum Gasteiger partial charge on any atom is -0.480 e. The third-order valence-corrected chi connectivity index (χ3v) is 4.83. The number of halogens is 1. The number of nitrogens with two attached hydrogens (primary N) is 1. The van der Waals surface area contributed by atoms with Crippen LogP contribution in [-0.4, -0.2) is 33.5 Å². The van der Waals surface area contributed by atoms with Crippen molar-refractivity contribution in [3.8, 4) is 0 Å². The molecule has 1 aliphatic carbocycles. The summed E-state index contributed by atoms with van der Waals surface area (Å²) < 4.78 is 0.654. The van der Waals surface area contributed by atoms with Crippen molar-refractivity contribution >= 4 is 34.5 Å². The number of carboxylic acid groups (broad SMARTS) is 1. The van der Waals surface area contributed by atoms with Crippen LogP contribution >= 0.6 is 22.6 Å². The van der Waals surface area contributed by atoms with Gasteiger partial charge in [-0.3, -0.25) is 4.79 Å². The highest BCUT2D eigenvalue weighted by molar-refractivity contribution is 14.1. The van der Waals surface area contributed by atoms with Gasteiger partial charge in [0.2, 0.25) is 5.91 Å². The summed E-state index contributed by atoms with van der Waals surface area (Å²) in [6.07, 6.45) is 5.81. The molecule has 6 heteroatoms. The average molecular weight is 382 g/mol. The minimum atomic E-state index is -0.951. The maximum absolute atomic E-state index is 12.1. The zero-order valence-corrected chi connectivity index (χ0v) is 13.3. The highest BCUT2D eigenvalue weighted by Gasteiger charge is 2.28. The van der Waals surface area contributed by atoms with Crippen LogP contribution in [0.5, 0.6) is 0 Å². The minimum absolute atomic E-state index is 0.0117. The number of hydrogen-bond acceptors (Lipinski definition) is 3. The quantitative estimate of drug-likeness (QED) is 0.355. The van der Waals surface area contributed by atoms with E-state index in [-0.39, 0.29) is 11.8 Å². The molecule has 19 heavy (non-hydrogen) atoms. The molecule has 110 valence electrons. The molecule has 4 N–H and O–H groups in total. The first-order valence-corrected chi connectivity index (χ1v) is 8.16. The lowest BCUT2D eigenvalue weighted by Gasteiger charge is -2.25. The zero-order chi connectivity index (χ0) is 14.3. The van der Waals surface area contributed by atoms with E-state index >= 15 is 0 Å². The normalized spacial score (nSPS) is 24.7. The van der Waals surface area contributed by atoms with Crippen molar-refractivity contribution in [2.75, 3.05) is 6.54 Å². The topological polar surface area (TPSA) is 92.4 Å². The third kappa shape index (κ3) is 6.07. The molecule has 0 aromatic rings. The van der Waals surface area contributed by atoms with Crippen molar-refractivity contribution in [2.45, 2.75) is 54.9 Å². The predicted molar refractivity (Wildman–Crippen MR) is 82.2 cm³/mol.